The third kappa shape index (κ3) is 9.12. The highest BCUT2D eigenvalue weighted by molar-refractivity contribution is 5.76. The zero-order chi connectivity index (χ0) is 25.0. The summed E-state index contributed by atoms with van der Waals surface area (Å²) in [6, 6.07) is 3.53. The average molecular weight is 484 g/mol. The first-order chi connectivity index (χ1) is 16.9. The van der Waals surface area contributed by atoms with E-state index in [1.165, 1.54) is 18.7 Å². The van der Waals surface area contributed by atoms with Gasteiger partial charge in [0.15, 0.2) is 0 Å². The molecule has 0 fully saturated rings. The lowest BCUT2D eigenvalue weighted by atomic mass is 10.1. The first kappa shape index (κ1) is 26.3. The summed E-state index contributed by atoms with van der Waals surface area (Å²) in [4.78, 5) is 38.5. The van der Waals surface area contributed by atoms with Crippen LogP contribution in [0.3, 0.4) is 0 Å². The Labute approximate surface area is 207 Å². The molecule has 4 N–H and O–H groups in total. The Kier molecular flexibility index (Phi) is 10.2. The average Bonchev–Trinajstić information content (AvgIpc) is 2.83. The van der Waals surface area contributed by atoms with Crippen LogP contribution in [0.25, 0.3) is 0 Å². The summed E-state index contributed by atoms with van der Waals surface area (Å²) in [5.41, 5.74) is 3.11. The second kappa shape index (κ2) is 13.6. The predicted octanol–water partition coefficient (Wildman–Crippen LogP) is 2.25. The zero-order valence-electron chi connectivity index (χ0n) is 20.7. The Balaban J connectivity index is 1.49. The van der Waals surface area contributed by atoms with E-state index in [4.69, 9.17) is 4.98 Å². The molecule has 0 spiro atoms. The van der Waals surface area contributed by atoms with Crippen molar-refractivity contribution in [2.45, 2.75) is 58.4 Å². The minimum atomic E-state index is -0.929. The van der Waals surface area contributed by atoms with Gasteiger partial charge < -0.3 is 26.0 Å². The van der Waals surface area contributed by atoms with Crippen molar-refractivity contribution in [2.75, 3.05) is 43.4 Å². The van der Waals surface area contributed by atoms with Crippen LogP contribution >= 0.6 is 0 Å². The molecular formula is C25H37N7O3. The summed E-state index contributed by atoms with van der Waals surface area (Å²) < 4.78 is 0. The van der Waals surface area contributed by atoms with E-state index in [-0.39, 0.29) is 5.91 Å². The van der Waals surface area contributed by atoms with Gasteiger partial charge in [-0.1, -0.05) is 6.07 Å². The van der Waals surface area contributed by atoms with Gasteiger partial charge in [-0.2, -0.15) is 0 Å². The monoisotopic (exact) mass is 483 g/mol. The van der Waals surface area contributed by atoms with Gasteiger partial charge in [0.05, 0.1) is 11.9 Å². The number of rotatable bonds is 14. The van der Waals surface area contributed by atoms with E-state index in [0.717, 1.165) is 62.4 Å². The number of carboxylic acids is 1. The third-order valence-corrected chi connectivity index (χ3v) is 6.02. The highest BCUT2D eigenvalue weighted by Crippen LogP contribution is 2.20. The summed E-state index contributed by atoms with van der Waals surface area (Å²) >= 11 is 0. The van der Waals surface area contributed by atoms with Crippen LogP contribution in [-0.4, -0.2) is 75.6 Å². The van der Waals surface area contributed by atoms with Gasteiger partial charge >= 0.3 is 5.97 Å². The molecule has 190 valence electrons. The summed E-state index contributed by atoms with van der Waals surface area (Å²) in [6.07, 6.45) is 8.65. The van der Waals surface area contributed by atoms with Crippen LogP contribution in [0.1, 0.15) is 49.6 Å². The molecule has 1 atom stereocenters. The minimum Gasteiger partial charge on any atom is -0.480 e. The fourth-order valence-corrected chi connectivity index (χ4v) is 4.16. The van der Waals surface area contributed by atoms with E-state index >= 15 is 0 Å². The number of fused-ring (bicyclic) bond motifs is 1. The SMILES string of the molecule is CC(=O)NCCN(CCCCc1ccc2c(n1)NCCC2)CC[C@H](Nc1cncc(C)n1)C(=O)O. The van der Waals surface area contributed by atoms with Crippen molar-refractivity contribution in [1.29, 1.82) is 0 Å². The highest BCUT2D eigenvalue weighted by Gasteiger charge is 2.19. The summed E-state index contributed by atoms with van der Waals surface area (Å²) in [5.74, 6) is 0.479. The van der Waals surface area contributed by atoms with Gasteiger partial charge in [-0.15, -0.1) is 0 Å². The largest absolute Gasteiger partial charge is 0.480 e. The summed E-state index contributed by atoms with van der Waals surface area (Å²) in [6.45, 7) is 6.89. The molecule has 10 heteroatoms. The quantitative estimate of drug-likeness (QED) is 0.299. The van der Waals surface area contributed by atoms with Crippen molar-refractivity contribution >= 4 is 23.5 Å². The first-order valence-electron chi connectivity index (χ1n) is 12.4. The van der Waals surface area contributed by atoms with E-state index in [1.54, 1.807) is 6.20 Å². The molecule has 0 radical (unpaired) electrons. The van der Waals surface area contributed by atoms with Crippen LogP contribution in [0.5, 0.6) is 0 Å². The Hall–Kier alpha value is -3.27. The van der Waals surface area contributed by atoms with Crippen molar-refractivity contribution in [3.05, 3.63) is 41.5 Å². The molecular weight excluding hydrogens is 446 g/mol. The van der Waals surface area contributed by atoms with E-state index in [1.807, 2.05) is 6.92 Å². The van der Waals surface area contributed by atoms with Gasteiger partial charge in [0.25, 0.3) is 0 Å². The maximum absolute atomic E-state index is 11.8. The van der Waals surface area contributed by atoms with Crippen molar-refractivity contribution < 1.29 is 14.7 Å². The standard InChI is InChI=1S/C25H37N7O3/c1-18-16-26-17-23(29-18)31-22(25(34)35)10-14-32(15-12-27-19(2)33)13-4-3-7-21-9-8-20-6-5-11-28-24(20)30-21/h8-9,16-17,22H,3-7,10-15H2,1-2H3,(H,27,33)(H,28,30)(H,29,31)(H,34,35)/t22-/m0/s1. The first-order valence-corrected chi connectivity index (χ1v) is 12.4. The van der Waals surface area contributed by atoms with Crippen LogP contribution < -0.4 is 16.0 Å². The van der Waals surface area contributed by atoms with Crippen LogP contribution in [0.15, 0.2) is 24.5 Å². The Bertz CT molecular complexity index is 985. The maximum atomic E-state index is 11.8. The van der Waals surface area contributed by atoms with E-state index < -0.39 is 12.0 Å². The minimum absolute atomic E-state index is 0.0693. The smallest absolute Gasteiger partial charge is 0.326 e. The number of nitrogens with one attached hydrogen (secondary N) is 3. The van der Waals surface area contributed by atoms with Crippen LogP contribution in [0.2, 0.25) is 0 Å². The van der Waals surface area contributed by atoms with Gasteiger partial charge in [0, 0.05) is 45.0 Å². The van der Waals surface area contributed by atoms with Crippen LogP contribution in [0.4, 0.5) is 11.6 Å². The lowest BCUT2D eigenvalue weighted by Gasteiger charge is -2.24. The number of aromatic nitrogens is 3. The number of carbonyl (C=O) groups excluding carboxylic acids is 1. The van der Waals surface area contributed by atoms with Crippen LogP contribution in [0, 0.1) is 6.92 Å². The number of aliphatic carboxylic acids is 1. The molecule has 35 heavy (non-hydrogen) atoms. The van der Waals surface area contributed by atoms with Gasteiger partial charge in [0.2, 0.25) is 5.91 Å². The summed E-state index contributed by atoms with van der Waals surface area (Å²) in [7, 11) is 0. The van der Waals surface area contributed by atoms with Crippen molar-refractivity contribution in [3.63, 3.8) is 0 Å². The predicted molar refractivity (Wildman–Crippen MR) is 136 cm³/mol. The lowest BCUT2D eigenvalue weighted by molar-refractivity contribution is -0.138. The zero-order valence-corrected chi connectivity index (χ0v) is 20.7. The molecule has 3 rings (SSSR count). The summed E-state index contributed by atoms with van der Waals surface area (Å²) in [5, 5.41) is 18.9. The molecule has 1 amide bonds. The lowest BCUT2D eigenvalue weighted by Crippen LogP contribution is -2.39. The number of carboxylic acid groups (broad SMARTS) is 1. The topological polar surface area (TPSA) is 132 Å². The number of pyridine rings is 1. The van der Waals surface area contributed by atoms with Gasteiger partial charge in [-0.25, -0.2) is 14.8 Å². The Morgan fingerprint density at radius 2 is 2.03 bits per heavy atom. The van der Waals surface area contributed by atoms with E-state index in [2.05, 4.69) is 43.0 Å². The van der Waals surface area contributed by atoms with Crippen molar-refractivity contribution in [2.24, 2.45) is 0 Å². The fourth-order valence-electron chi connectivity index (χ4n) is 4.16. The van der Waals surface area contributed by atoms with E-state index in [9.17, 15) is 14.7 Å². The molecule has 0 bridgehead atoms. The fraction of sp³-hybridized carbons (Fsp3) is 0.560. The number of anilines is 2. The molecule has 1 aliphatic rings. The Morgan fingerprint density at radius 3 is 2.80 bits per heavy atom. The van der Waals surface area contributed by atoms with Gasteiger partial charge in [0.1, 0.15) is 17.7 Å². The van der Waals surface area contributed by atoms with Crippen LogP contribution in [-0.2, 0) is 22.4 Å². The molecule has 1 aliphatic heterocycles. The Morgan fingerprint density at radius 1 is 1.17 bits per heavy atom. The number of amides is 1. The number of hydrogen-bond donors (Lipinski definition) is 4. The highest BCUT2D eigenvalue weighted by atomic mass is 16.4. The number of unbranched alkanes of at least 4 members (excludes halogenated alkanes) is 1. The molecule has 2 aromatic heterocycles. The molecule has 0 aromatic carbocycles. The van der Waals surface area contributed by atoms with Gasteiger partial charge in [-0.3, -0.25) is 9.78 Å². The van der Waals surface area contributed by atoms with Gasteiger partial charge in [-0.05, 0) is 63.6 Å². The van der Waals surface area contributed by atoms with Crippen molar-refractivity contribution in [1.82, 2.24) is 25.2 Å². The molecule has 2 aromatic rings. The molecule has 10 nitrogen and oxygen atoms in total. The second-order valence-corrected chi connectivity index (χ2v) is 8.99. The molecule has 0 saturated carbocycles. The molecule has 0 unspecified atom stereocenters. The third-order valence-electron chi connectivity index (χ3n) is 6.02. The molecule has 3 heterocycles. The number of hydrogen-bond acceptors (Lipinski definition) is 8. The molecule has 0 aliphatic carbocycles. The normalized spacial score (nSPS) is 13.6. The number of aryl methyl sites for hydroxylation is 3. The number of nitrogens with zero attached hydrogens (tertiary/aromatic N) is 4. The number of carbonyl (C=O) groups is 2. The van der Waals surface area contributed by atoms with E-state index in [0.29, 0.717) is 31.9 Å². The molecule has 0 saturated heterocycles. The van der Waals surface area contributed by atoms with Crippen molar-refractivity contribution in [3.8, 4) is 0 Å². The second-order valence-electron chi connectivity index (χ2n) is 8.99. The maximum Gasteiger partial charge on any atom is 0.326 e.